The van der Waals surface area contributed by atoms with Gasteiger partial charge in [0.1, 0.15) is 5.75 Å². The van der Waals surface area contributed by atoms with Crippen LogP contribution in [0.5, 0.6) is 5.75 Å². The maximum Gasteiger partial charge on any atom is 0.119 e. The van der Waals surface area contributed by atoms with E-state index in [1.807, 2.05) is 17.4 Å². The van der Waals surface area contributed by atoms with Crippen LogP contribution >= 0.6 is 11.3 Å². The number of hydrogen-bond donors (Lipinski definition) is 2. The molecule has 0 saturated carbocycles. The van der Waals surface area contributed by atoms with Gasteiger partial charge in [-0.15, -0.1) is 11.3 Å². The largest absolute Gasteiger partial charge is 0.508 e. The summed E-state index contributed by atoms with van der Waals surface area (Å²) < 4.78 is 0. The molecule has 0 bridgehead atoms. The van der Waals surface area contributed by atoms with E-state index >= 15 is 0 Å². The molecule has 0 spiro atoms. The van der Waals surface area contributed by atoms with Crippen molar-refractivity contribution in [1.29, 1.82) is 0 Å². The second-order valence-electron chi connectivity index (χ2n) is 5.84. The number of benzene rings is 1. The summed E-state index contributed by atoms with van der Waals surface area (Å²) >= 11 is 1.82. The predicted molar refractivity (Wildman–Crippen MR) is 84.2 cm³/mol. The van der Waals surface area contributed by atoms with Gasteiger partial charge in [0, 0.05) is 17.0 Å². The lowest BCUT2D eigenvalue weighted by atomic mass is 9.99. The van der Waals surface area contributed by atoms with Crippen LogP contribution in [0.1, 0.15) is 48.4 Å². The van der Waals surface area contributed by atoms with Gasteiger partial charge in [-0.1, -0.05) is 32.0 Å². The zero-order chi connectivity index (χ0) is 14.1. The third-order valence-electron chi connectivity index (χ3n) is 4.14. The fourth-order valence-electron chi connectivity index (χ4n) is 3.10. The van der Waals surface area contributed by atoms with Crippen molar-refractivity contribution < 1.29 is 5.11 Å². The normalized spacial score (nSPS) is 19.2. The maximum atomic E-state index is 9.95. The molecule has 2 unspecified atom stereocenters. The molecule has 0 radical (unpaired) electrons. The van der Waals surface area contributed by atoms with Crippen LogP contribution in [-0.4, -0.2) is 5.11 Å². The molecule has 0 fully saturated rings. The first-order valence-electron chi connectivity index (χ1n) is 7.27. The summed E-state index contributed by atoms with van der Waals surface area (Å²) in [5.41, 5.74) is 2.39. The third-order valence-corrected chi connectivity index (χ3v) is 5.10. The van der Waals surface area contributed by atoms with Crippen molar-refractivity contribution in [3.05, 3.63) is 51.7 Å². The Morgan fingerprint density at radius 2 is 2.10 bits per heavy atom. The minimum atomic E-state index is 0.353. The molecule has 2 aromatic rings. The minimum Gasteiger partial charge on any atom is -0.508 e. The van der Waals surface area contributed by atoms with Crippen LogP contribution in [0.4, 0.5) is 0 Å². The number of rotatable bonds is 4. The van der Waals surface area contributed by atoms with Crippen LogP contribution in [0.2, 0.25) is 0 Å². The number of nitrogens with one attached hydrogen (secondary N) is 1. The molecule has 1 heterocycles. The van der Waals surface area contributed by atoms with Crippen molar-refractivity contribution in [1.82, 2.24) is 5.32 Å². The van der Waals surface area contributed by atoms with Gasteiger partial charge in [0.05, 0.1) is 0 Å². The van der Waals surface area contributed by atoms with Crippen molar-refractivity contribution in [3.63, 3.8) is 0 Å². The summed E-state index contributed by atoms with van der Waals surface area (Å²) in [6.45, 7) is 4.52. The average molecular weight is 287 g/mol. The highest BCUT2D eigenvalue weighted by Crippen LogP contribution is 2.39. The highest BCUT2D eigenvalue weighted by atomic mass is 32.1. The third kappa shape index (κ3) is 2.48. The smallest absolute Gasteiger partial charge is 0.119 e. The van der Waals surface area contributed by atoms with Crippen molar-refractivity contribution in [3.8, 4) is 5.75 Å². The Bertz CT molecular complexity index is 577. The van der Waals surface area contributed by atoms with Crippen LogP contribution in [-0.2, 0) is 6.42 Å². The Morgan fingerprint density at radius 3 is 2.80 bits per heavy atom. The Hall–Kier alpha value is -1.32. The molecule has 3 rings (SSSR count). The highest BCUT2D eigenvalue weighted by molar-refractivity contribution is 7.10. The van der Waals surface area contributed by atoms with E-state index in [4.69, 9.17) is 0 Å². The van der Waals surface area contributed by atoms with Crippen molar-refractivity contribution in [2.45, 2.75) is 38.8 Å². The van der Waals surface area contributed by atoms with E-state index in [0.717, 1.165) is 18.4 Å². The maximum absolute atomic E-state index is 9.95. The lowest BCUT2D eigenvalue weighted by Gasteiger charge is -2.26. The number of thiophene rings is 1. The molecule has 2 N–H and O–H groups in total. The molecule has 3 heteroatoms. The standard InChI is InChI=1S/C17H21NOS/c1-11(2)17(16-7-4-10-20-16)18-14-9-8-13-12(14)5-3-6-15(13)19/h3-7,10-11,14,17-19H,8-9H2,1-2H3. The van der Waals surface area contributed by atoms with Gasteiger partial charge in [-0.25, -0.2) is 0 Å². The van der Waals surface area contributed by atoms with Gasteiger partial charge in [-0.05, 0) is 47.4 Å². The second-order valence-corrected chi connectivity index (χ2v) is 6.82. The molecule has 0 amide bonds. The molecule has 106 valence electrons. The lowest BCUT2D eigenvalue weighted by Crippen LogP contribution is -2.28. The molecule has 0 aliphatic heterocycles. The first-order chi connectivity index (χ1) is 9.66. The van der Waals surface area contributed by atoms with Crippen LogP contribution in [0, 0.1) is 5.92 Å². The van der Waals surface area contributed by atoms with E-state index in [0.29, 0.717) is 23.8 Å². The van der Waals surface area contributed by atoms with Gasteiger partial charge in [-0.2, -0.15) is 0 Å². The summed E-state index contributed by atoms with van der Waals surface area (Å²) in [5.74, 6) is 0.999. The number of hydrogen-bond acceptors (Lipinski definition) is 3. The average Bonchev–Trinajstić information content (AvgIpc) is 3.05. The van der Waals surface area contributed by atoms with E-state index in [1.54, 1.807) is 6.07 Å². The molecule has 2 atom stereocenters. The van der Waals surface area contributed by atoms with Crippen molar-refractivity contribution in [2.24, 2.45) is 5.92 Å². The Labute approximate surface area is 124 Å². The van der Waals surface area contributed by atoms with Gasteiger partial charge in [0.2, 0.25) is 0 Å². The van der Waals surface area contributed by atoms with E-state index in [1.165, 1.54) is 10.4 Å². The second kappa shape index (κ2) is 5.58. The Kier molecular flexibility index (Phi) is 3.81. The summed E-state index contributed by atoms with van der Waals surface area (Å²) in [6.07, 6.45) is 2.04. The van der Waals surface area contributed by atoms with Crippen LogP contribution in [0.3, 0.4) is 0 Å². The molecular weight excluding hydrogens is 266 g/mol. The first kappa shape index (κ1) is 13.7. The van der Waals surface area contributed by atoms with Crippen LogP contribution in [0.15, 0.2) is 35.7 Å². The Morgan fingerprint density at radius 1 is 1.25 bits per heavy atom. The lowest BCUT2D eigenvalue weighted by molar-refractivity contribution is 0.366. The van der Waals surface area contributed by atoms with Gasteiger partial charge in [0.15, 0.2) is 0 Å². The molecule has 20 heavy (non-hydrogen) atoms. The summed E-state index contributed by atoms with van der Waals surface area (Å²) in [6, 6.07) is 10.9. The van der Waals surface area contributed by atoms with Crippen LogP contribution in [0.25, 0.3) is 0 Å². The van der Waals surface area contributed by atoms with Gasteiger partial charge >= 0.3 is 0 Å². The molecule has 1 aliphatic carbocycles. The van der Waals surface area contributed by atoms with Crippen LogP contribution < -0.4 is 5.32 Å². The topological polar surface area (TPSA) is 32.3 Å². The zero-order valence-corrected chi connectivity index (χ0v) is 12.8. The number of phenolic OH excluding ortho intramolecular Hbond substituents is 1. The summed E-state index contributed by atoms with van der Waals surface area (Å²) in [7, 11) is 0. The Balaban J connectivity index is 1.84. The fraction of sp³-hybridized carbons (Fsp3) is 0.412. The molecule has 1 aromatic heterocycles. The fourth-order valence-corrected chi connectivity index (χ4v) is 4.05. The first-order valence-corrected chi connectivity index (χ1v) is 8.15. The molecule has 1 aromatic carbocycles. The van der Waals surface area contributed by atoms with E-state index in [2.05, 4.69) is 42.7 Å². The molecule has 0 saturated heterocycles. The van der Waals surface area contributed by atoms with Crippen molar-refractivity contribution in [2.75, 3.05) is 0 Å². The zero-order valence-electron chi connectivity index (χ0n) is 12.0. The van der Waals surface area contributed by atoms with Crippen molar-refractivity contribution >= 4 is 11.3 Å². The quantitative estimate of drug-likeness (QED) is 0.872. The monoisotopic (exact) mass is 287 g/mol. The molecule has 2 nitrogen and oxygen atoms in total. The highest BCUT2D eigenvalue weighted by Gasteiger charge is 2.28. The van der Waals surface area contributed by atoms with E-state index in [9.17, 15) is 5.11 Å². The van der Waals surface area contributed by atoms with Gasteiger partial charge in [-0.3, -0.25) is 0 Å². The molecular formula is C17H21NOS. The van der Waals surface area contributed by atoms with E-state index in [-0.39, 0.29) is 0 Å². The number of fused-ring (bicyclic) bond motifs is 1. The summed E-state index contributed by atoms with van der Waals surface area (Å²) in [5, 5.41) is 15.9. The summed E-state index contributed by atoms with van der Waals surface area (Å²) in [4.78, 5) is 1.40. The number of aromatic hydroxyl groups is 1. The van der Waals surface area contributed by atoms with Gasteiger partial charge in [0.25, 0.3) is 0 Å². The SMILES string of the molecule is CC(C)C(NC1CCc2c(O)cccc21)c1cccs1. The molecule has 1 aliphatic rings. The van der Waals surface area contributed by atoms with Gasteiger partial charge < -0.3 is 10.4 Å². The predicted octanol–water partition coefficient (Wildman–Crippen LogP) is 4.43. The van der Waals surface area contributed by atoms with E-state index < -0.39 is 0 Å². The number of phenols is 1. The minimum absolute atomic E-state index is 0.353.